The van der Waals surface area contributed by atoms with Crippen molar-refractivity contribution in [3.63, 3.8) is 0 Å². The summed E-state index contributed by atoms with van der Waals surface area (Å²) in [7, 11) is -2.59. The summed E-state index contributed by atoms with van der Waals surface area (Å²) in [6.45, 7) is 1.90. The van der Waals surface area contributed by atoms with Crippen LogP contribution in [0.5, 0.6) is 0 Å². The minimum atomic E-state index is -3.92. The van der Waals surface area contributed by atoms with E-state index in [-0.39, 0.29) is 4.90 Å². The predicted molar refractivity (Wildman–Crippen MR) is 111 cm³/mol. The van der Waals surface area contributed by atoms with Crippen LogP contribution in [0, 0.1) is 6.92 Å². The van der Waals surface area contributed by atoms with Gasteiger partial charge in [0.25, 0.3) is 10.0 Å². The van der Waals surface area contributed by atoms with Gasteiger partial charge in [0, 0.05) is 0 Å². The van der Waals surface area contributed by atoms with Crippen LogP contribution in [0.2, 0.25) is 0 Å². The maximum absolute atomic E-state index is 13.7. The zero-order valence-electron chi connectivity index (χ0n) is 16.1. The molecule has 0 unspecified atom stereocenters. The number of anilines is 1. The fraction of sp³-hybridized carbons (Fsp3) is 0.174. The third-order valence-electron chi connectivity index (χ3n) is 5.25. The van der Waals surface area contributed by atoms with E-state index in [1.165, 1.54) is 11.4 Å². The molecule has 5 nitrogen and oxygen atoms in total. The van der Waals surface area contributed by atoms with Gasteiger partial charge >= 0.3 is 5.97 Å². The number of methoxy groups -OCH3 is 1. The first-order valence-corrected chi connectivity index (χ1v) is 10.7. The topological polar surface area (TPSA) is 63.7 Å². The van der Waals surface area contributed by atoms with Crippen molar-refractivity contribution in [2.75, 3.05) is 11.4 Å². The number of hydrogen-bond donors (Lipinski definition) is 0. The smallest absolute Gasteiger partial charge is 0.315 e. The number of carbonyl (C=O) groups is 1. The van der Waals surface area contributed by atoms with E-state index in [9.17, 15) is 13.2 Å². The summed E-state index contributed by atoms with van der Waals surface area (Å²) in [6, 6.07) is 22.3. The lowest BCUT2D eigenvalue weighted by Crippen LogP contribution is -2.35. The third-order valence-corrected chi connectivity index (χ3v) is 7.06. The number of para-hydroxylation sites is 1. The quantitative estimate of drug-likeness (QED) is 0.608. The average molecular weight is 407 g/mol. The molecular formula is C23H21NO4S. The molecule has 3 aromatic rings. The number of hydrogen-bond acceptors (Lipinski definition) is 4. The van der Waals surface area contributed by atoms with E-state index in [1.807, 2.05) is 37.3 Å². The Labute approximate surface area is 170 Å². The fourth-order valence-corrected chi connectivity index (χ4v) is 5.55. The van der Waals surface area contributed by atoms with E-state index >= 15 is 0 Å². The minimum absolute atomic E-state index is 0.185. The molecule has 0 saturated carbocycles. The van der Waals surface area contributed by atoms with Gasteiger partial charge in [0.1, 0.15) is 5.92 Å². The van der Waals surface area contributed by atoms with Crippen LogP contribution >= 0.6 is 0 Å². The van der Waals surface area contributed by atoms with Crippen molar-refractivity contribution in [2.45, 2.75) is 23.8 Å². The lowest BCUT2D eigenvalue weighted by atomic mass is 9.90. The molecule has 0 amide bonds. The van der Waals surface area contributed by atoms with Crippen molar-refractivity contribution >= 4 is 21.7 Å². The molecule has 4 rings (SSSR count). The molecule has 0 N–H and O–H groups in total. The Morgan fingerprint density at radius 1 is 0.897 bits per heavy atom. The molecule has 3 aromatic carbocycles. The van der Waals surface area contributed by atoms with Crippen molar-refractivity contribution < 1.29 is 17.9 Å². The highest BCUT2D eigenvalue weighted by Crippen LogP contribution is 2.51. The molecule has 1 heterocycles. The second-order valence-corrected chi connectivity index (χ2v) is 8.84. The first-order valence-electron chi connectivity index (χ1n) is 9.28. The van der Waals surface area contributed by atoms with Gasteiger partial charge in [-0.05, 0) is 36.2 Å². The van der Waals surface area contributed by atoms with Gasteiger partial charge in [-0.15, -0.1) is 0 Å². The number of esters is 1. The van der Waals surface area contributed by atoms with E-state index in [0.29, 0.717) is 11.3 Å². The van der Waals surface area contributed by atoms with Gasteiger partial charge in [-0.25, -0.2) is 8.42 Å². The maximum atomic E-state index is 13.7. The number of ether oxygens (including phenoxy) is 1. The van der Waals surface area contributed by atoms with Crippen LogP contribution in [0.3, 0.4) is 0 Å². The van der Waals surface area contributed by atoms with Crippen molar-refractivity contribution in [3.8, 4) is 0 Å². The molecule has 0 bridgehead atoms. The van der Waals surface area contributed by atoms with E-state index in [1.54, 1.807) is 48.5 Å². The van der Waals surface area contributed by atoms with Gasteiger partial charge in [-0.1, -0.05) is 66.2 Å². The Morgan fingerprint density at radius 2 is 1.52 bits per heavy atom. The SMILES string of the molecule is COC(=O)[C@@H]1c2ccccc2N(S(=O)(=O)c2ccc(C)cc2)[C@@H]1c1ccccc1. The largest absolute Gasteiger partial charge is 0.468 e. The summed E-state index contributed by atoms with van der Waals surface area (Å²) in [5.41, 5.74) is 2.84. The third kappa shape index (κ3) is 3.19. The van der Waals surface area contributed by atoms with Crippen LogP contribution in [-0.2, 0) is 19.6 Å². The molecule has 148 valence electrons. The van der Waals surface area contributed by atoms with Crippen molar-refractivity contribution in [1.29, 1.82) is 0 Å². The number of carbonyl (C=O) groups excluding carboxylic acids is 1. The van der Waals surface area contributed by atoms with Crippen LogP contribution < -0.4 is 4.31 Å². The second-order valence-electron chi connectivity index (χ2n) is 7.03. The summed E-state index contributed by atoms with van der Waals surface area (Å²) in [4.78, 5) is 13.0. The zero-order valence-corrected chi connectivity index (χ0v) is 17.0. The second kappa shape index (κ2) is 7.37. The van der Waals surface area contributed by atoms with Gasteiger partial charge < -0.3 is 4.74 Å². The highest BCUT2D eigenvalue weighted by molar-refractivity contribution is 7.92. The molecule has 1 aliphatic heterocycles. The Bertz CT molecular complexity index is 1140. The molecule has 2 atom stereocenters. The molecule has 1 aliphatic rings. The van der Waals surface area contributed by atoms with Gasteiger partial charge in [0.2, 0.25) is 0 Å². The highest BCUT2D eigenvalue weighted by atomic mass is 32.2. The highest BCUT2D eigenvalue weighted by Gasteiger charge is 2.49. The van der Waals surface area contributed by atoms with Crippen molar-refractivity contribution in [1.82, 2.24) is 0 Å². The lowest BCUT2D eigenvalue weighted by Gasteiger charge is -2.29. The Balaban J connectivity index is 1.96. The molecule has 0 fully saturated rings. The van der Waals surface area contributed by atoms with Crippen LogP contribution in [0.25, 0.3) is 0 Å². The molecular weight excluding hydrogens is 386 g/mol. The molecule has 0 radical (unpaired) electrons. The van der Waals surface area contributed by atoms with Gasteiger partial charge in [-0.3, -0.25) is 9.10 Å². The van der Waals surface area contributed by atoms with E-state index in [0.717, 1.165) is 11.1 Å². The standard InChI is InChI=1S/C23H21NO4S/c1-16-12-14-18(15-13-16)29(26,27)24-20-11-7-6-10-19(20)21(23(25)28-2)22(24)17-8-4-3-5-9-17/h3-15,21-22H,1-2H3/t21-,22-/m1/s1. The monoisotopic (exact) mass is 407 g/mol. The predicted octanol–water partition coefficient (Wildman–Crippen LogP) is 4.20. The molecule has 0 aliphatic carbocycles. The number of nitrogens with zero attached hydrogens (tertiary/aromatic N) is 1. The van der Waals surface area contributed by atoms with Gasteiger partial charge in [0.15, 0.2) is 0 Å². The fourth-order valence-electron chi connectivity index (χ4n) is 3.87. The summed E-state index contributed by atoms with van der Waals surface area (Å²) in [5.74, 6) is -1.22. The molecule has 0 saturated heterocycles. The maximum Gasteiger partial charge on any atom is 0.315 e. The number of fused-ring (bicyclic) bond motifs is 1. The summed E-state index contributed by atoms with van der Waals surface area (Å²) in [5, 5.41) is 0. The van der Waals surface area contributed by atoms with E-state index < -0.39 is 28.0 Å². The summed E-state index contributed by atoms with van der Waals surface area (Å²) < 4.78 is 33.9. The molecule has 0 spiro atoms. The normalized spacial score (nSPS) is 18.3. The first-order chi connectivity index (χ1) is 13.9. The average Bonchev–Trinajstić information content (AvgIpc) is 3.10. The summed E-state index contributed by atoms with van der Waals surface area (Å²) in [6.07, 6.45) is 0. The molecule has 0 aromatic heterocycles. The Kier molecular flexibility index (Phi) is 4.88. The number of benzene rings is 3. The Morgan fingerprint density at radius 3 is 2.17 bits per heavy atom. The number of aryl methyl sites for hydroxylation is 1. The lowest BCUT2D eigenvalue weighted by molar-refractivity contribution is -0.142. The van der Waals surface area contributed by atoms with Crippen molar-refractivity contribution in [2.24, 2.45) is 0 Å². The van der Waals surface area contributed by atoms with Crippen LogP contribution in [0.4, 0.5) is 5.69 Å². The van der Waals surface area contributed by atoms with Gasteiger partial charge in [0.05, 0.1) is 23.7 Å². The van der Waals surface area contributed by atoms with Gasteiger partial charge in [-0.2, -0.15) is 0 Å². The number of rotatable bonds is 4. The van der Waals surface area contributed by atoms with Crippen LogP contribution in [-0.4, -0.2) is 21.5 Å². The Hall–Kier alpha value is -3.12. The minimum Gasteiger partial charge on any atom is -0.468 e. The van der Waals surface area contributed by atoms with Crippen molar-refractivity contribution in [3.05, 3.63) is 95.6 Å². The van der Waals surface area contributed by atoms with Crippen LogP contribution in [0.15, 0.2) is 83.8 Å². The zero-order chi connectivity index (χ0) is 20.6. The van der Waals surface area contributed by atoms with E-state index in [4.69, 9.17) is 4.74 Å². The summed E-state index contributed by atoms with van der Waals surface area (Å²) >= 11 is 0. The van der Waals surface area contributed by atoms with E-state index in [2.05, 4.69) is 0 Å². The molecule has 6 heteroatoms. The first kappa shape index (κ1) is 19.2. The molecule has 29 heavy (non-hydrogen) atoms. The van der Waals surface area contributed by atoms with Crippen LogP contribution in [0.1, 0.15) is 28.7 Å². The number of sulfonamides is 1.